The molecule has 1 aromatic carbocycles. The molecule has 2 aromatic rings. The van der Waals surface area contributed by atoms with Crippen molar-refractivity contribution in [2.45, 2.75) is 25.8 Å². The number of carbonyl (C=O) groups excluding carboxylic acids is 2. The number of halogens is 1. The Morgan fingerprint density at radius 1 is 1.43 bits per heavy atom. The maximum Gasteiger partial charge on any atom is 0.284 e. The average molecular weight is 317 g/mol. The maximum atomic E-state index is 13.1. The minimum Gasteiger partial charge on any atom is -0.363 e. The molecule has 0 unspecified atom stereocenters. The second-order valence-corrected chi connectivity index (χ2v) is 5.62. The summed E-state index contributed by atoms with van der Waals surface area (Å²) in [6, 6.07) is 6.20. The molecular formula is C16H18FN4O2. The lowest BCUT2D eigenvalue weighted by atomic mass is 10.0. The first-order valence-electron chi connectivity index (χ1n) is 7.11. The minimum absolute atomic E-state index is 0.0321. The van der Waals surface area contributed by atoms with E-state index in [-0.39, 0.29) is 17.5 Å². The molecule has 23 heavy (non-hydrogen) atoms. The Morgan fingerprint density at radius 2 is 2.17 bits per heavy atom. The first-order chi connectivity index (χ1) is 10.8. The van der Waals surface area contributed by atoms with Gasteiger partial charge < -0.3 is 15.6 Å². The summed E-state index contributed by atoms with van der Waals surface area (Å²) in [6.07, 6.45) is 4.43. The van der Waals surface area contributed by atoms with Crippen LogP contribution in [0.15, 0.2) is 30.5 Å². The van der Waals surface area contributed by atoms with Crippen LogP contribution in [-0.2, 0) is 16.8 Å². The van der Waals surface area contributed by atoms with Crippen LogP contribution in [0.3, 0.4) is 0 Å². The van der Waals surface area contributed by atoms with E-state index in [1.807, 2.05) is 0 Å². The van der Waals surface area contributed by atoms with Crippen LogP contribution in [0, 0.1) is 12.0 Å². The lowest BCUT2D eigenvalue weighted by molar-refractivity contribution is -0.128. The monoisotopic (exact) mass is 317 g/mol. The second-order valence-electron chi connectivity index (χ2n) is 5.62. The van der Waals surface area contributed by atoms with Crippen LogP contribution < -0.4 is 11.1 Å². The minimum atomic E-state index is -1.06. The Bertz CT molecular complexity index is 724. The largest absolute Gasteiger partial charge is 0.363 e. The van der Waals surface area contributed by atoms with E-state index >= 15 is 0 Å². The number of amides is 2. The van der Waals surface area contributed by atoms with Crippen molar-refractivity contribution in [2.75, 3.05) is 6.54 Å². The van der Waals surface area contributed by atoms with Gasteiger partial charge in [-0.3, -0.25) is 9.59 Å². The zero-order valence-electron chi connectivity index (χ0n) is 13.0. The van der Waals surface area contributed by atoms with Gasteiger partial charge in [0.1, 0.15) is 17.6 Å². The van der Waals surface area contributed by atoms with Gasteiger partial charge in [-0.1, -0.05) is 12.1 Å². The van der Waals surface area contributed by atoms with Gasteiger partial charge in [0.05, 0.1) is 0 Å². The highest BCUT2D eigenvalue weighted by Gasteiger charge is 2.32. The summed E-state index contributed by atoms with van der Waals surface area (Å²) in [6.45, 7) is 3.63. The van der Waals surface area contributed by atoms with Crippen LogP contribution in [0.1, 0.15) is 30.0 Å². The third-order valence-corrected chi connectivity index (χ3v) is 3.55. The number of imidazole rings is 1. The number of benzene rings is 1. The highest BCUT2D eigenvalue weighted by Crippen LogP contribution is 2.17. The molecule has 1 heterocycles. The van der Waals surface area contributed by atoms with Crippen LogP contribution >= 0.6 is 0 Å². The molecule has 1 radical (unpaired) electrons. The number of aromatic nitrogens is 2. The van der Waals surface area contributed by atoms with Crippen LogP contribution in [0.2, 0.25) is 0 Å². The first-order valence-corrected chi connectivity index (χ1v) is 7.11. The van der Waals surface area contributed by atoms with Crippen molar-refractivity contribution in [3.63, 3.8) is 0 Å². The smallest absolute Gasteiger partial charge is 0.284 e. The summed E-state index contributed by atoms with van der Waals surface area (Å²) in [7, 11) is 0. The third kappa shape index (κ3) is 3.74. The molecule has 0 aliphatic heterocycles. The molecule has 1 aromatic heterocycles. The molecular weight excluding hydrogens is 299 g/mol. The van der Waals surface area contributed by atoms with Crippen molar-refractivity contribution < 1.29 is 14.0 Å². The highest BCUT2D eigenvalue weighted by molar-refractivity contribution is 5.91. The van der Waals surface area contributed by atoms with Gasteiger partial charge in [-0.2, -0.15) is 0 Å². The van der Waals surface area contributed by atoms with Gasteiger partial charge in [-0.05, 0) is 38.0 Å². The van der Waals surface area contributed by atoms with Gasteiger partial charge in [0.25, 0.3) is 5.91 Å². The van der Waals surface area contributed by atoms with Crippen molar-refractivity contribution in [3.05, 3.63) is 53.9 Å². The Morgan fingerprint density at radius 3 is 2.83 bits per heavy atom. The summed E-state index contributed by atoms with van der Waals surface area (Å²) in [4.78, 5) is 27.5. The van der Waals surface area contributed by atoms with E-state index in [4.69, 9.17) is 5.73 Å². The molecule has 0 fully saturated rings. The fraction of sp³-hybridized carbons (Fsp3) is 0.312. The van der Waals surface area contributed by atoms with E-state index in [0.29, 0.717) is 13.0 Å². The van der Waals surface area contributed by atoms with Crippen LogP contribution in [0.5, 0.6) is 0 Å². The van der Waals surface area contributed by atoms with Crippen LogP contribution in [0.4, 0.5) is 4.39 Å². The first kappa shape index (κ1) is 16.7. The number of rotatable bonds is 6. The fourth-order valence-corrected chi connectivity index (χ4v) is 2.20. The number of carbonyl (C=O) groups is 2. The number of nitrogens with two attached hydrogens (primary N) is 1. The molecule has 0 saturated carbocycles. The van der Waals surface area contributed by atoms with Gasteiger partial charge in [0, 0.05) is 12.7 Å². The van der Waals surface area contributed by atoms with E-state index in [0.717, 1.165) is 5.56 Å². The highest BCUT2D eigenvalue weighted by atomic mass is 19.1. The van der Waals surface area contributed by atoms with E-state index in [2.05, 4.69) is 16.5 Å². The zero-order chi connectivity index (χ0) is 17.0. The Kier molecular flexibility index (Phi) is 4.78. The Hall–Kier alpha value is -2.70. The molecule has 7 heteroatoms. The number of nitrogens with one attached hydrogen (secondary N) is 1. The molecule has 0 atom stereocenters. The number of primary amides is 1. The molecule has 0 saturated heterocycles. The molecule has 2 amide bonds. The Balaban J connectivity index is 2.01. The maximum absolute atomic E-state index is 13.1. The van der Waals surface area contributed by atoms with Gasteiger partial charge in [0.2, 0.25) is 5.91 Å². The lowest BCUT2D eigenvalue weighted by Gasteiger charge is -2.26. The lowest BCUT2D eigenvalue weighted by Crippen LogP contribution is -2.46. The summed E-state index contributed by atoms with van der Waals surface area (Å²) in [5.74, 6) is -1.38. The molecule has 121 valence electrons. The predicted octanol–water partition coefficient (Wildman–Crippen LogP) is 1.02. The molecule has 3 N–H and O–H groups in total. The topological polar surface area (TPSA) is 90.0 Å². The van der Waals surface area contributed by atoms with E-state index in [1.54, 1.807) is 26.0 Å². The number of nitrogens with zero attached hydrogens (tertiary/aromatic N) is 2. The van der Waals surface area contributed by atoms with Crippen molar-refractivity contribution in [3.8, 4) is 0 Å². The van der Waals surface area contributed by atoms with Gasteiger partial charge in [0.15, 0.2) is 5.82 Å². The van der Waals surface area contributed by atoms with Crippen molar-refractivity contribution in [1.82, 2.24) is 14.9 Å². The number of hydrogen-bond acceptors (Lipinski definition) is 3. The third-order valence-electron chi connectivity index (χ3n) is 3.55. The summed E-state index contributed by atoms with van der Waals surface area (Å²) < 4.78 is 14.5. The zero-order valence-corrected chi connectivity index (χ0v) is 13.0. The Labute approximate surface area is 133 Å². The summed E-state index contributed by atoms with van der Waals surface area (Å²) >= 11 is 0. The molecule has 0 aliphatic rings. The molecule has 0 bridgehead atoms. The van der Waals surface area contributed by atoms with E-state index in [9.17, 15) is 14.0 Å². The van der Waals surface area contributed by atoms with E-state index in [1.165, 1.54) is 22.9 Å². The van der Waals surface area contributed by atoms with E-state index < -0.39 is 11.4 Å². The standard InChI is InChI=1S/C16H18FN4O2/c1-16(2,21-9-8-19-14(21)13(18)22)15(23)20-7-6-11-4-3-5-12(17)10-11/h3-5,9-10H,6-7H2,1-2H3,(H2,18,22)(H,20,23). The summed E-state index contributed by atoms with van der Waals surface area (Å²) in [5, 5.41) is 2.77. The predicted molar refractivity (Wildman–Crippen MR) is 82.0 cm³/mol. The van der Waals surface area contributed by atoms with Crippen LogP contribution in [0.25, 0.3) is 0 Å². The molecule has 6 nitrogen and oxygen atoms in total. The van der Waals surface area contributed by atoms with Crippen molar-refractivity contribution >= 4 is 11.8 Å². The van der Waals surface area contributed by atoms with Crippen LogP contribution in [-0.4, -0.2) is 27.9 Å². The fourth-order valence-electron chi connectivity index (χ4n) is 2.20. The van der Waals surface area contributed by atoms with Gasteiger partial charge >= 0.3 is 0 Å². The number of hydrogen-bond donors (Lipinski definition) is 2. The van der Waals surface area contributed by atoms with Crippen molar-refractivity contribution in [1.29, 1.82) is 0 Å². The average Bonchev–Trinajstić information content (AvgIpc) is 2.97. The second kappa shape index (κ2) is 6.60. The van der Waals surface area contributed by atoms with Gasteiger partial charge in [-0.25, -0.2) is 9.37 Å². The van der Waals surface area contributed by atoms with Crippen molar-refractivity contribution in [2.24, 2.45) is 5.73 Å². The molecule has 2 rings (SSSR count). The SMILES string of the molecule is CC(C)(C(=O)NCCc1cccc(F)c1)n1c[c]nc1C(N)=O. The molecule has 0 aliphatic carbocycles. The summed E-state index contributed by atoms with van der Waals surface area (Å²) in [5.41, 5.74) is 4.97. The normalized spacial score (nSPS) is 11.3. The van der Waals surface area contributed by atoms with Gasteiger partial charge in [-0.15, -0.1) is 0 Å². The molecule has 0 spiro atoms. The quantitative estimate of drug-likeness (QED) is 0.833.